The molecule has 0 aromatic heterocycles. The van der Waals surface area contributed by atoms with E-state index < -0.39 is 11.6 Å². The lowest BCUT2D eigenvalue weighted by atomic mass is 9.81. The summed E-state index contributed by atoms with van der Waals surface area (Å²) in [5.41, 5.74) is 1.86. The van der Waals surface area contributed by atoms with E-state index in [9.17, 15) is 15.0 Å². The molecule has 1 aromatic carbocycles. The van der Waals surface area contributed by atoms with Crippen molar-refractivity contribution in [3.05, 3.63) is 64.5 Å². The van der Waals surface area contributed by atoms with Crippen LogP contribution in [0, 0.1) is 12.8 Å². The van der Waals surface area contributed by atoms with Crippen molar-refractivity contribution in [2.75, 3.05) is 6.61 Å². The summed E-state index contributed by atoms with van der Waals surface area (Å²) in [5.74, 6) is -0.384. The monoisotopic (exact) mass is 474 g/mol. The highest BCUT2D eigenvalue weighted by Gasteiger charge is 2.44. The van der Waals surface area contributed by atoms with Crippen LogP contribution in [0.4, 0.5) is 0 Å². The average Bonchev–Trinajstić information content (AvgIpc) is 2.72. The van der Waals surface area contributed by atoms with E-state index in [-0.39, 0.29) is 35.0 Å². The third-order valence-corrected chi connectivity index (χ3v) is 7.23. The van der Waals surface area contributed by atoms with Gasteiger partial charge in [-0.25, -0.2) is 4.79 Å². The number of rotatable bonds is 10. The topological polar surface area (TPSA) is 76.0 Å². The van der Waals surface area contributed by atoms with Crippen molar-refractivity contribution in [1.82, 2.24) is 0 Å². The van der Waals surface area contributed by atoms with Crippen LogP contribution in [-0.4, -0.2) is 28.4 Å². The number of ether oxygens (including phenoxy) is 2. The first-order valence-corrected chi connectivity index (χ1v) is 12.2. The van der Waals surface area contributed by atoms with Crippen LogP contribution in [0.1, 0.15) is 70.6 Å². The maximum absolute atomic E-state index is 13.1. The molecule has 2 rings (SSSR count). The number of carbonyl (C=O) groups excluding carboxylic acids is 1. The van der Waals surface area contributed by atoms with Gasteiger partial charge in [0.1, 0.15) is 16.3 Å². The highest BCUT2D eigenvalue weighted by molar-refractivity contribution is 8.04. The summed E-state index contributed by atoms with van der Waals surface area (Å²) < 4.78 is 11.4. The fraction of sp³-hybridized carbons (Fsp3) is 0.519. The summed E-state index contributed by atoms with van der Waals surface area (Å²) in [5, 5.41) is 20.7. The number of hydrogen-bond donors (Lipinski definition) is 2. The summed E-state index contributed by atoms with van der Waals surface area (Å²) in [6.45, 7) is 16.3. The van der Waals surface area contributed by atoms with Gasteiger partial charge in [0, 0.05) is 11.3 Å². The van der Waals surface area contributed by atoms with Crippen LogP contribution >= 0.6 is 11.8 Å². The number of aryl methyl sites for hydroxylation is 1. The van der Waals surface area contributed by atoms with E-state index in [0.717, 1.165) is 21.6 Å². The zero-order chi connectivity index (χ0) is 24.8. The van der Waals surface area contributed by atoms with Gasteiger partial charge < -0.3 is 19.7 Å². The number of allylic oxidation sites excluding steroid dienone is 2. The molecule has 6 heteroatoms. The highest BCUT2D eigenvalue weighted by Crippen LogP contribution is 2.45. The number of cyclic esters (lactones) is 1. The molecular weight excluding hydrogens is 436 g/mol. The Kier molecular flexibility index (Phi) is 9.27. The molecule has 1 unspecified atom stereocenters. The molecule has 0 bridgehead atoms. The molecule has 2 N–H and O–H groups in total. The molecule has 5 nitrogen and oxygen atoms in total. The maximum atomic E-state index is 13.1. The molecule has 33 heavy (non-hydrogen) atoms. The summed E-state index contributed by atoms with van der Waals surface area (Å²) >= 11 is 1.25. The van der Waals surface area contributed by atoms with Crippen LogP contribution in [-0.2, 0) is 26.3 Å². The fourth-order valence-corrected chi connectivity index (χ4v) is 5.16. The number of aliphatic hydroxyl groups excluding tert-OH is 2. The molecule has 1 atom stereocenters. The van der Waals surface area contributed by atoms with Crippen molar-refractivity contribution in [3.8, 4) is 0 Å². The van der Waals surface area contributed by atoms with Crippen molar-refractivity contribution in [2.45, 2.75) is 83.3 Å². The Balaban J connectivity index is 2.30. The second kappa shape index (κ2) is 11.3. The minimum Gasteiger partial charge on any atom is -0.511 e. The fourth-order valence-electron chi connectivity index (χ4n) is 3.91. The molecule has 182 valence electrons. The van der Waals surface area contributed by atoms with Crippen molar-refractivity contribution >= 4 is 17.7 Å². The maximum Gasteiger partial charge on any atom is 0.349 e. The predicted molar refractivity (Wildman–Crippen MR) is 134 cm³/mol. The molecule has 0 radical (unpaired) electrons. The third-order valence-electron chi connectivity index (χ3n) is 6.06. The number of aliphatic hydroxyl groups is 2. The Morgan fingerprint density at radius 2 is 2.03 bits per heavy atom. The van der Waals surface area contributed by atoms with E-state index in [1.165, 1.54) is 11.8 Å². The largest absolute Gasteiger partial charge is 0.511 e. The number of carbonyl (C=O) groups is 1. The molecule has 1 heterocycles. The van der Waals surface area contributed by atoms with Crippen molar-refractivity contribution < 1.29 is 24.5 Å². The normalized spacial score (nSPS) is 19.3. The molecule has 1 aliphatic rings. The lowest BCUT2D eigenvalue weighted by Gasteiger charge is -2.40. The number of thioether (sulfide) groups is 1. The Morgan fingerprint density at radius 3 is 2.58 bits per heavy atom. The van der Waals surface area contributed by atoms with Gasteiger partial charge in [-0.2, -0.15) is 0 Å². The van der Waals surface area contributed by atoms with E-state index in [4.69, 9.17) is 9.47 Å². The number of hydrogen-bond acceptors (Lipinski definition) is 6. The van der Waals surface area contributed by atoms with Gasteiger partial charge in [0.25, 0.3) is 0 Å². The van der Waals surface area contributed by atoms with E-state index >= 15 is 0 Å². The zero-order valence-corrected chi connectivity index (χ0v) is 21.6. The minimum absolute atomic E-state index is 0.0371. The average molecular weight is 475 g/mol. The van der Waals surface area contributed by atoms with Crippen LogP contribution < -0.4 is 0 Å². The zero-order valence-electron chi connectivity index (χ0n) is 20.7. The molecular formula is C27H38O5S. The van der Waals surface area contributed by atoms with Crippen LogP contribution in [0.2, 0.25) is 0 Å². The Morgan fingerprint density at radius 1 is 1.33 bits per heavy atom. The Labute approximate surface area is 202 Å². The van der Waals surface area contributed by atoms with E-state index in [1.54, 1.807) is 18.4 Å². The number of benzene rings is 1. The van der Waals surface area contributed by atoms with Crippen molar-refractivity contribution in [1.29, 1.82) is 0 Å². The molecule has 0 aliphatic carbocycles. The molecule has 1 aromatic rings. The van der Waals surface area contributed by atoms with Crippen LogP contribution in [0.15, 0.2) is 52.7 Å². The van der Waals surface area contributed by atoms with Crippen molar-refractivity contribution in [3.63, 3.8) is 0 Å². The molecule has 0 spiro atoms. The summed E-state index contributed by atoms with van der Waals surface area (Å²) in [4.78, 5) is 14.2. The smallest absolute Gasteiger partial charge is 0.349 e. The second-order valence-electron chi connectivity index (χ2n) is 9.89. The lowest BCUT2D eigenvalue weighted by Crippen LogP contribution is -2.44. The van der Waals surface area contributed by atoms with Gasteiger partial charge in [0.15, 0.2) is 0 Å². The van der Waals surface area contributed by atoms with Gasteiger partial charge in [-0.05, 0) is 59.9 Å². The first kappa shape index (κ1) is 27.1. The van der Waals surface area contributed by atoms with Gasteiger partial charge in [0.2, 0.25) is 0 Å². The summed E-state index contributed by atoms with van der Waals surface area (Å²) in [7, 11) is 0. The van der Waals surface area contributed by atoms with E-state index in [1.807, 2.05) is 32.9 Å². The molecule has 1 aliphatic heterocycles. The van der Waals surface area contributed by atoms with Gasteiger partial charge in [-0.3, -0.25) is 0 Å². The number of esters is 1. The second-order valence-corrected chi connectivity index (χ2v) is 10.9. The quantitative estimate of drug-likeness (QED) is 0.175. The van der Waals surface area contributed by atoms with Crippen molar-refractivity contribution in [2.24, 2.45) is 5.92 Å². The lowest BCUT2D eigenvalue weighted by molar-refractivity contribution is -0.165. The van der Waals surface area contributed by atoms with E-state index in [0.29, 0.717) is 19.4 Å². The van der Waals surface area contributed by atoms with Gasteiger partial charge in [-0.15, -0.1) is 0 Å². The first-order valence-electron chi connectivity index (χ1n) is 11.4. The molecule has 0 saturated heterocycles. The van der Waals surface area contributed by atoms with Gasteiger partial charge >= 0.3 is 5.97 Å². The van der Waals surface area contributed by atoms with Gasteiger partial charge in [0.05, 0.1) is 19.5 Å². The highest BCUT2D eigenvalue weighted by atomic mass is 32.2. The van der Waals surface area contributed by atoms with Crippen LogP contribution in [0.5, 0.6) is 0 Å². The minimum atomic E-state index is -0.764. The molecule has 0 saturated carbocycles. The van der Waals surface area contributed by atoms with Crippen LogP contribution in [0.25, 0.3) is 0 Å². The Bertz CT molecular complexity index is 923. The van der Waals surface area contributed by atoms with Crippen LogP contribution in [0.3, 0.4) is 0 Å². The summed E-state index contributed by atoms with van der Waals surface area (Å²) in [6, 6.07) is 3.96. The van der Waals surface area contributed by atoms with Gasteiger partial charge in [-0.1, -0.05) is 65.1 Å². The SMILES string of the molecule is C=C/C=C\OCCCC1(C(C)C)CC(O)=C(Sc2cc(C)c(CO)cc2C(C)(C)C)C(=O)O1. The molecule has 0 fully saturated rings. The predicted octanol–water partition coefficient (Wildman–Crippen LogP) is 6.48. The standard InChI is InChI=1S/C27H38O5S/c1-8-9-12-31-13-10-11-27(18(2)3)16-22(29)24(25(30)32-27)33-23-14-19(4)20(17-28)15-21(23)26(5,6)7/h8-9,12,14-15,18,28-29H,1,10-11,13,16-17H2,2-7H3/b12-9-. The molecule has 0 amide bonds. The van der Waals surface area contributed by atoms with E-state index in [2.05, 4.69) is 27.4 Å². The summed E-state index contributed by atoms with van der Waals surface area (Å²) in [6.07, 6.45) is 6.52. The Hall–Kier alpha value is -2.18. The third kappa shape index (κ3) is 6.67. The first-order chi connectivity index (χ1) is 15.4.